The number of hydrogen-bond donors (Lipinski definition) is 2. The molecule has 144 valence electrons. The number of aromatic nitrogens is 3. The van der Waals surface area contributed by atoms with E-state index in [1.54, 1.807) is 29.0 Å². The van der Waals surface area contributed by atoms with Gasteiger partial charge in [0.1, 0.15) is 18.0 Å². The predicted octanol–water partition coefficient (Wildman–Crippen LogP) is 3.72. The fourth-order valence-corrected chi connectivity index (χ4v) is 3.29. The summed E-state index contributed by atoms with van der Waals surface area (Å²) in [6.45, 7) is 0.0221. The van der Waals surface area contributed by atoms with Crippen molar-refractivity contribution in [3.8, 4) is 17.3 Å². The maximum atomic E-state index is 12.5. The van der Waals surface area contributed by atoms with Crippen molar-refractivity contribution in [2.45, 2.75) is 6.54 Å². The monoisotopic (exact) mass is 449 g/mol. The van der Waals surface area contributed by atoms with E-state index in [0.29, 0.717) is 17.1 Å². The first-order valence-electron chi connectivity index (χ1n) is 8.79. The molecule has 29 heavy (non-hydrogen) atoms. The van der Waals surface area contributed by atoms with Crippen molar-refractivity contribution in [1.82, 2.24) is 20.0 Å². The first kappa shape index (κ1) is 18.8. The zero-order chi connectivity index (χ0) is 20.2. The first-order valence-corrected chi connectivity index (χ1v) is 9.58. The maximum Gasteiger partial charge on any atom is 0.260 e. The van der Waals surface area contributed by atoms with Crippen molar-refractivity contribution in [2.24, 2.45) is 5.10 Å². The number of hydrogen-bond acceptors (Lipinski definition) is 5. The zero-order valence-electron chi connectivity index (χ0n) is 15.2. The number of hydrazone groups is 1. The molecule has 0 unspecified atom stereocenters. The van der Waals surface area contributed by atoms with Crippen LogP contribution < -0.4 is 5.43 Å². The Kier molecular flexibility index (Phi) is 5.35. The molecular weight excluding hydrogens is 434 g/mol. The normalized spacial score (nSPS) is 11.2. The number of nitrogens with zero attached hydrogens (tertiary/aromatic N) is 4. The molecule has 8 heteroatoms. The van der Waals surface area contributed by atoms with Crippen LogP contribution in [-0.4, -0.2) is 31.8 Å². The second kappa shape index (κ2) is 8.24. The van der Waals surface area contributed by atoms with Gasteiger partial charge in [-0.15, -0.1) is 0 Å². The Morgan fingerprint density at radius 3 is 2.83 bits per heavy atom. The van der Waals surface area contributed by atoms with Crippen LogP contribution in [0.2, 0.25) is 0 Å². The third-order valence-corrected chi connectivity index (χ3v) is 4.73. The van der Waals surface area contributed by atoms with Gasteiger partial charge in [-0.25, -0.2) is 10.4 Å². The van der Waals surface area contributed by atoms with Gasteiger partial charge < -0.3 is 9.67 Å². The number of fused-ring (bicyclic) bond motifs is 1. The number of phenols is 1. The minimum Gasteiger partial charge on any atom is -0.507 e. The number of aromatic hydroxyl groups is 1. The van der Waals surface area contributed by atoms with Crippen LogP contribution in [0.1, 0.15) is 5.56 Å². The molecule has 2 N–H and O–H groups in total. The van der Waals surface area contributed by atoms with Crippen LogP contribution in [0.4, 0.5) is 0 Å². The third kappa shape index (κ3) is 4.17. The Balaban J connectivity index is 1.58. The molecule has 0 aliphatic heterocycles. The van der Waals surface area contributed by atoms with Crippen molar-refractivity contribution < 1.29 is 9.90 Å². The number of para-hydroxylation sites is 2. The minimum atomic E-state index is -0.323. The Hall–Kier alpha value is -3.52. The topological polar surface area (TPSA) is 92.4 Å². The van der Waals surface area contributed by atoms with Crippen LogP contribution in [0.5, 0.6) is 5.75 Å². The second-order valence-electron chi connectivity index (χ2n) is 6.22. The first-order chi connectivity index (χ1) is 14.1. The van der Waals surface area contributed by atoms with Crippen LogP contribution in [0.3, 0.4) is 0 Å². The van der Waals surface area contributed by atoms with Gasteiger partial charge in [-0.2, -0.15) is 5.10 Å². The van der Waals surface area contributed by atoms with Gasteiger partial charge >= 0.3 is 0 Å². The highest BCUT2D eigenvalue weighted by Crippen LogP contribution is 2.23. The van der Waals surface area contributed by atoms with E-state index >= 15 is 0 Å². The molecule has 2 aromatic carbocycles. The average Bonchev–Trinajstić information content (AvgIpc) is 3.10. The molecule has 0 radical (unpaired) electrons. The lowest BCUT2D eigenvalue weighted by molar-refractivity contribution is -0.121. The summed E-state index contributed by atoms with van der Waals surface area (Å²) in [5.41, 5.74) is 5.27. The number of halogens is 1. The van der Waals surface area contributed by atoms with Gasteiger partial charge in [0, 0.05) is 16.2 Å². The fourth-order valence-electron chi connectivity index (χ4n) is 2.91. The summed E-state index contributed by atoms with van der Waals surface area (Å²) in [7, 11) is 0. The molecule has 0 saturated heterocycles. The predicted molar refractivity (Wildman–Crippen MR) is 115 cm³/mol. The van der Waals surface area contributed by atoms with E-state index in [4.69, 9.17) is 0 Å². The van der Waals surface area contributed by atoms with Crippen molar-refractivity contribution in [2.75, 3.05) is 0 Å². The summed E-state index contributed by atoms with van der Waals surface area (Å²) >= 11 is 3.33. The maximum absolute atomic E-state index is 12.5. The molecule has 0 spiro atoms. The average molecular weight is 450 g/mol. The number of carbonyl (C=O) groups excluding carboxylic acids is 1. The van der Waals surface area contributed by atoms with E-state index in [1.807, 2.05) is 42.5 Å². The second-order valence-corrected chi connectivity index (χ2v) is 7.14. The molecule has 0 bridgehead atoms. The number of imidazole rings is 1. The summed E-state index contributed by atoms with van der Waals surface area (Å²) < 4.78 is 2.60. The lowest BCUT2D eigenvalue weighted by Crippen LogP contribution is -2.23. The molecule has 4 aromatic rings. The summed E-state index contributed by atoms with van der Waals surface area (Å²) in [4.78, 5) is 21.5. The molecule has 7 nitrogen and oxygen atoms in total. The van der Waals surface area contributed by atoms with Crippen molar-refractivity contribution in [3.63, 3.8) is 0 Å². The van der Waals surface area contributed by atoms with Gasteiger partial charge in [0.25, 0.3) is 5.91 Å². The fraction of sp³-hybridized carbons (Fsp3) is 0.0476. The number of pyridine rings is 1. The van der Waals surface area contributed by atoms with E-state index in [1.165, 1.54) is 6.21 Å². The number of benzene rings is 2. The molecule has 0 atom stereocenters. The third-order valence-electron chi connectivity index (χ3n) is 4.23. The zero-order valence-corrected chi connectivity index (χ0v) is 16.7. The molecule has 0 saturated carbocycles. The van der Waals surface area contributed by atoms with Crippen LogP contribution >= 0.6 is 15.9 Å². The van der Waals surface area contributed by atoms with E-state index in [0.717, 1.165) is 15.5 Å². The molecule has 2 aromatic heterocycles. The number of carbonyl (C=O) groups is 1. The quantitative estimate of drug-likeness (QED) is 0.358. The molecule has 0 aliphatic carbocycles. The Labute approximate surface area is 174 Å². The lowest BCUT2D eigenvalue weighted by Gasteiger charge is -2.08. The number of amides is 1. The SMILES string of the molecule is O=C(Cn1c(-c2ccccn2)nc2ccccc21)NN=Cc1cc(Br)ccc1O. The summed E-state index contributed by atoms with van der Waals surface area (Å²) in [5.74, 6) is 0.357. The molecule has 0 aliphatic rings. The van der Waals surface area contributed by atoms with E-state index in [9.17, 15) is 9.90 Å². The number of phenolic OH excluding ortho intramolecular Hbond substituents is 1. The summed E-state index contributed by atoms with van der Waals surface area (Å²) in [5, 5.41) is 13.8. The molecular formula is C21H16BrN5O2. The Bertz CT molecular complexity index is 1200. The van der Waals surface area contributed by atoms with Crippen molar-refractivity contribution in [3.05, 3.63) is 76.9 Å². The minimum absolute atomic E-state index is 0.0221. The van der Waals surface area contributed by atoms with Gasteiger partial charge in [0.05, 0.1) is 17.2 Å². The molecule has 0 fully saturated rings. The van der Waals surface area contributed by atoms with Gasteiger partial charge in [0.15, 0.2) is 5.82 Å². The van der Waals surface area contributed by atoms with Crippen LogP contribution in [-0.2, 0) is 11.3 Å². The van der Waals surface area contributed by atoms with Crippen LogP contribution in [0.15, 0.2) is 76.4 Å². The smallest absolute Gasteiger partial charge is 0.260 e. The molecule has 1 amide bonds. The highest BCUT2D eigenvalue weighted by Gasteiger charge is 2.15. The lowest BCUT2D eigenvalue weighted by atomic mass is 10.2. The largest absolute Gasteiger partial charge is 0.507 e. The van der Waals surface area contributed by atoms with Gasteiger partial charge in [-0.3, -0.25) is 9.78 Å². The highest BCUT2D eigenvalue weighted by atomic mass is 79.9. The molecule has 4 rings (SSSR count). The van der Waals surface area contributed by atoms with Crippen molar-refractivity contribution >= 4 is 39.1 Å². The summed E-state index contributed by atoms with van der Waals surface area (Å²) in [6.07, 6.45) is 3.08. The highest BCUT2D eigenvalue weighted by molar-refractivity contribution is 9.10. The van der Waals surface area contributed by atoms with Crippen molar-refractivity contribution in [1.29, 1.82) is 0 Å². The van der Waals surface area contributed by atoms with Crippen LogP contribution in [0, 0.1) is 0 Å². The summed E-state index contributed by atoms with van der Waals surface area (Å²) in [6, 6.07) is 18.1. The number of rotatable bonds is 5. The van der Waals surface area contributed by atoms with E-state index in [2.05, 4.69) is 36.4 Å². The van der Waals surface area contributed by atoms with Gasteiger partial charge in [-0.1, -0.05) is 34.1 Å². The number of nitrogens with one attached hydrogen (secondary N) is 1. The standard InChI is InChI=1S/C21H16BrN5O2/c22-15-8-9-19(28)14(11-15)12-24-26-20(29)13-27-18-7-2-1-5-16(18)25-21(27)17-6-3-4-10-23-17/h1-12,28H,13H2,(H,26,29). The molecule has 2 heterocycles. The van der Waals surface area contributed by atoms with Gasteiger partial charge in [0.2, 0.25) is 0 Å². The van der Waals surface area contributed by atoms with E-state index < -0.39 is 0 Å². The Morgan fingerprint density at radius 1 is 1.17 bits per heavy atom. The van der Waals surface area contributed by atoms with Gasteiger partial charge in [-0.05, 0) is 42.5 Å². The Morgan fingerprint density at radius 2 is 2.00 bits per heavy atom. The van der Waals surface area contributed by atoms with Crippen LogP contribution in [0.25, 0.3) is 22.6 Å². The van der Waals surface area contributed by atoms with E-state index in [-0.39, 0.29) is 18.2 Å².